The van der Waals surface area contributed by atoms with Crippen molar-refractivity contribution >= 4 is 0 Å². The van der Waals surface area contributed by atoms with Crippen molar-refractivity contribution in [1.82, 2.24) is 36.9 Å². The number of hydrogen-bond acceptors (Lipinski definition) is 14. The van der Waals surface area contributed by atoms with Gasteiger partial charge in [-0.1, -0.05) is 0 Å². The molecule has 0 aliphatic heterocycles. The van der Waals surface area contributed by atoms with Crippen molar-refractivity contribution < 1.29 is 153 Å². The summed E-state index contributed by atoms with van der Waals surface area (Å²) in [6.45, 7) is 0. The van der Waals surface area contributed by atoms with Crippen LogP contribution in [0.2, 0.25) is 0 Å². The Labute approximate surface area is 188 Å². The first-order valence-corrected chi connectivity index (χ1v) is 3.70. The Balaban J connectivity index is -0.00000000427. The molecule has 20 heavy (non-hydrogen) atoms. The van der Waals surface area contributed by atoms with Crippen LogP contribution in [0, 0.1) is 20.5 Å². The van der Waals surface area contributed by atoms with Gasteiger partial charge in [0, 0.05) is 0 Å². The molecule has 18 N–H and O–H groups in total. The quantitative estimate of drug-likeness (QED) is 0.164. The molecule has 0 aliphatic rings. The Morgan fingerprint density at radius 2 is 0.400 bits per heavy atom. The molecule has 20 heteroatoms. The van der Waals surface area contributed by atoms with Crippen molar-refractivity contribution in [2.24, 2.45) is 0 Å². The zero-order valence-electron chi connectivity index (χ0n) is 10.4. The van der Waals surface area contributed by atoms with E-state index in [-0.39, 0.29) is 133 Å². The molecule has 0 heterocycles. The maximum Gasteiger partial charge on any atom is 3.00 e. The van der Waals surface area contributed by atoms with Crippen LogP contribution in [0.15, 0.2) is 0 Å². The first kappa shape index (κ1) is 92.6. The van der Waals surface area contributed by atoms with E-state index in [1.165, 1.54) is 0 Å². The minimum Gasteiger partial charge on any atom is -1.00 e. The van der Waals surface area contributed by atoms with E-state index < -0.39 is 20.5 Å². The van der Waals surface area contributed by atoms with Crippen LogP contribution in [0.1, 0.15) is 0 Å². The van der Waals surface area contributed by atoms with Gasteiger partial charge >= 0.3 is 70.9 Å². The van der Waals surface area contributed by atoms with E-state index in [2.05, 4.69) is 0 Å². The normalized spacial score (nSPS) is 6.00. The second-order valence-corrected chi connectivity index (χ2v) is 2.27. The fraction of sp³-hybridized carbons (Fsp3) is 0. The Kier molecular flexibility index (Phi) is 199. The molecule has 133 valence electrons. The van der Waals surface area contributed by atoms with E-state index in [0.717, 1.165) is 0 Å². The molecule has 0 atom stereocenters. The van der Waals surface area contributed by atoms with E-state index in [0.29, 0.717) is 0 Å². The van der Waals surface area contributed by atoms with Crippen molar-refractivity contribution in [3.05, 3.63) is 0 Å². The number of halogens is 4. The Morgan fingerprint density at radius 3 is 0.400 bits per heavy atom. The van der Waals surface area contributed by atoms with Gasteiger partial charge in [0.15, 0.2) is 0 Å². The average Bonchev–Trinajstić information content (AvgIpc) is 1.12. The summed E-state index contributed by atoms with van der Waals surface area (Å²) in [6, 6.07) is 0. The van der Waals surface area contributed by atoms with E-state index >= 15 is 0 Å². The predicted molar refractivity (Wildman–Crippen MR) is 30.1 cm³/mol. The zero-order valence-corrected chi connectivity index (χ0v) is 18.3. The summed E-state index contributed by atoms with van der Waals surface area (Å²) in [5, 5.41) is 0. The van der Waals surface area contributed by atoms with Crippen LogP contribution in [-0.4, -0.2) is 0 Å². The molecule has 0 saturated heterocycles. The Morgan fingerprint density at radius 1 is 0.400 bits per heavy atom. The van der Waals surface area contributed by atoms with Gasteiger partial charge in [0.05, 0.1) is 0 Å². The van der Waals surface area contributed by atoms with E-state index in [9.17, 15) is 0 Å². The summed E-state index contributed by atoms with van der Waals surface area (Å²) in [5.41, 5.74) is 0. The van der Waals surface area contributed by atoms with Gasteiger partial charge in [-0.2, -0.15) is 0 Å². The Hall–Kier alpha value is 2.86. The largest absolute Gasteiger partial charge is 3.00 e. The topological polar surface area (TPSA) is 394 Å². The van der Waals surface area contributed by atoms with Crippen molar-refractivity contribution in [2.45, 2.75) is 0 Å². The third-order valence-corrected chi connectivity index (χ3v) is 0. The van der Waals surface area contributed by atoms with Crippen LogP contribution in [0.4, 0.5) is 0 Å². The van der Waals surface area contributed by atoms with Gasteiger partial charge in [0.2, 0.25) is 0 Å². The standard InChI is InChI=1S/2ClHO4.2ClH.K.6H3N.Ru/c2*2-1(3,4)5;;;;;;;;;;/h2*(H,2,3,4,5);2*1H;;6*1H3;/q;;;;+1;;;;;;;+3/p-4. The van der Waals surface area contributed by atoms with E-state index in [1.54, 1.807) is 0 Å². The van der Waals surface area contributed by atoms with E-state index in [1.807, 2.05) is 0 Å². The molecule has 0 saturated carbocycles. The molecule has 0 aromatic heterocycles. The average molecular weight is 512 g/mol. The van der Waals surface area contributed by atoms with Crippen molar-refractivity contribution in [2.75, 3.05) is 0 Å². The molecule has 0 aromatic rings. The first-order chi connectivity index (χ1) is 4.00. The molecule has 0 aromatic carbocycles. The summed E-state index contributed by atoms with van der Waals surface area (Å²) in [6.07, 6.45) is 0. The molecule has 0 fully saturated rings. The smallest absolute Gasteiger partial charge is 1.00 e. The van der Waals surface area contributed by atoms with Crippen molar-refractivity contribution in [3.63, 3.8) is 0 Å². The summed E-state index contributed by atoms with van der Waals surface area (Å²) in [5.74, 6) is 0. The molecule has 0 spiro atoms. The zero-order chi connectivity index (χ0) is 9.00. The molecule has 0 rings (SSSR count). The molecule has 1 radical (unpaired) electrons. The van der Waals surface area contributed by atoms with Crippen molar-refractivity contribution in [1.29, 1.82) is 0 Å². The van der Waals surface area contributed by atoms with Gasteiger partial charge in [0.25, 0.3) is 0 Å². The Bertz CT molecular complexity index is 81.9. The molecule has 14 nitrogen and oxygen atoms in total. The van der Waals surface area contributed by atoms with E-state index in [4.69, 9.17) is 37.3 Å². The minimum absolute atomic E-state index is 0. The van der Waals surface area contributed by atoms with Crippen LogP contribution in [-0.2, 0) is 19.5 Å². The monoisotopic (exact) mass is 511 g/mol. The fourth-order valence-corrected chi connectivity index (χ4v) is 0. The summed E-state index contributed by atoms with van der Waals surface area (Å²) >= 11 is 0. The van der Waals surface area contributed by atoms with Gasteiger partial charge in [-0.3, -0.25) is 0 Å². The maximum absolute atomic E-state index is 8.49. The van der Waals surface area contributed by atoms with Crippen LogP contribution < -0.4 is 150 Å². The van der Waals surface area contributed by atoms with Gasteiger partial charge in [-0.25, -0.2) is 37.3 Å². The van der Waals surface area contributed by atoms with Crippen LogP contribution in [0.3, 0.4) is 0 Å². The second kappa shape index (κ2) is 43.1. The summed E-state index contributed by atoms with van der Waals surface area (Å²) < 4.78 is 67.9. The minimum atomic E-state index is -4.94. The molecular weight excluding hydrogens is 494 g/mol. The third-order valence-electron chi connectivity index (χ3n) is 0. The molecular formula is H18Cl4KN6O8Ru. The van der Waals surface area contributed by atoms with Gasteiger partial charge < -0.3 is 61.7 Å². The van der Waals surface area contributed by atoms with Crippen LogP contribution >= 0.6 is 0 Å². The molecule has 0 aliphatic carbocycles. The third kappa shape index (κ3) is 1010. The van der Waals surface area contributed by atoms with Gasteiger partial charge in [0.1, 0.15) is 0 Å². The SMILES string of the molecule is N.N.N.N.N.N.[Cl-].[Cl-].[K+].[O-][Cl+3]([O-])([O-])[O-].[O-][Cl+3]([O-])([O-])[O-].[Ru+3]. The van der Waals surface area contributed by atoms with Gasteiger partial charge in [-0.05, 0) is 0 Å². The molecule has 0 bridgehead atoms. The van der Waals surface area contributed by atoms with Gasteiger partial charge in [-0.15, -0.1) is 20.5 Å². The predicted octanol–water partition coefficient (Wildman–Crippen LogP) is -17.5. The van der Waals surface area contributed by atoms with Crippen LogP contribution in [0.25, 0.3) is 0 Å². The number of hydrogen-bond donors (Lipinski definition) is 6. The second-order valence-electron chi connectivity index (χ2n) is 0.756. The first-order valence-electron chi connectivity index (χ1n) is 1.23. The summed E-state index contributed by atoms with van der Waals surface area (Å²) in [4.78, 5) is 0. The maximum atomic E-state index is 8.49. The van der Waals surface area contributed by atoms with Crippen molar-refractivity contribution in [3.8, 4) is 0 Å². The molecule has 0 amide bonds. The summed E-state index contributed by atoms with van der Waals surface area (Å²) in [7, 11) is -9.89. The fourth-order valence-electron chi connectivity index (χ4n) is 0. The number of rotatable bonds is 0. The molecule has 0 unspecified atom stereocenters. The van der Waals surface area contributed by atoms with Crippen LogP contribution in [0.5, 0.6) is 0 Å².